The fourth-order valence-electron chi connectivity index (χ4n) is 3.21. The van der Waals surface area contributed by atoms with Gasteiger partial charge in [-0.2, -0.15) is 0 Å². The number of anilines is 1. The molecule has 0 radical (unpaired) electrons. The molecular weight excluding hydrogens is 344 g/mol. The molecule has 0 bridgehead atoms. The van der Waals surface area contributed by atoms with Crippen LogP contribution in [0.3, 0.4) is 0 Å². The zero-order valence-corrected chi connectivity index (χ0v) is 15.0. The molecule has 1 aliphatic rings. The molecule has 0 unspecified atom stereocenters. The van der Waals surface area contributed by atoms with Crippen LogP contribution < -0.4 is 5.73 Å². The number of ether oxygens (including phenoxy) is 1. The first-order valence-electron chi connectivity index (χ1n) is 7.97. The molecule has 1 fully saturated rings. The Morgan fingerprint density at radius 1 is 1.36 bits per heavy atom. The fraction of sp³-hybridized carbons (Fsp3) is 0.588. The minimum atomic E-state index is -0.331. The van der Waals surface area contributed by atoms with Crippen LogP contribution in [0.5, 0.6) is 0 Å². The summed E-state index contributed by atoms with van der Waals surface area (Å²) < 4.78 is 5.57. The van der Waals surface area contributed by atoms with E-state index in [0.29, 0.717) is 17.3 Å². The van der Waals surface area contributed by atoms with Crippen molar-refractivity contribution >= 4 is 27.6 Å². The van der Waals surface area contributed by atoms with Crippen LogP contribution in [0.2, 0.25) is 0 Å². The summed E-state index contributed by atoms with van der Waals surface area (Å²) >= 11 is 3.45. The van der Waals surface area contributed by atoms with Gasteiger partial charge in [0.25, 0.3) is 0 Å². The van der Waals surface area contributed by atoms with Crippen molar-refractivity contribution in [3.05, 3.63) is 27.7 Å². The van der Waals surface area contributed by atoms with Crippen molar-refractivity contribution in [2.75, 3.05) is 19.4 Å². The van der Waals surface area contributed by atoms with Gasteiger partial charge in [0.1, 0.15) is 0 Å². The first-order valence-corrected chi connectivity index (χ1v) is 8.76. The van der Waals surface area contributed by atoms with Gasteiger partial charge in [-0.15, -0.1) is 0 Å². The Hall–Kier alpha value is -1.07. The van der Waals surface area contributed by atoms with Gasteiger partial charge in [0.2, 0.25) is 0 Å². The van der Waals surface area contributed by atoms with Gasteiger partial charge in [0.15, 0.2) is 0 Å². The monoisotopic (exact) mass is 368 g/mol. The molecule has 0 heterocycles. The number of rotatable bonds is 5. The maximum absolute atomic E-state index is 11.8. The van der Waals surface area contributed by atoms with Gasteiger partial charge >= 0.3 is 5.97 Å². The molecule has 1 aromatic carbocycles. The molecule has 0 aliphatic heterocycles. The third-order valence-electron chi connectivity index (χ3n) is 4.51. The Bertz CT molecular complexity index is 528. The lowest BCUT2D eigenvalue weighted by Gasteiger charge is -2.34. The molecule has 0 aromatic heterocycles. The minimum Gasteiger partial charge on any atom is -0.465 e. The maximum Gasteiger partial charge on any atom is 0.337 e. The highest BCUT2D eigenvalue weighted by atomic mass is 79.9. The van der Waals surface area contributed by atoms with Crippen LogP contribution in [0, 0.1) is 0 Å². The molecule has 0 amide bonds. The first-order chi connectivity index (χ1) is 10.6. The summed E-state index contributed by atoms with van der Waals surface area (Å²) in [7, 11) is 1.40. The summed E-state index contributed by atoms with van der Waals surface area (Å²) in [6, 6.07) is 4.21. The van der Waals surface area contributed by atoms with Crippen molar-refractivity contribution in [3.8, 4) is 0 Å². The van der Waals surface area contributed by atoms with Crippen molar-refractivity contribution < 1.29 is 9.53 Å². The molecule has 2 rings (SSSR count). The molecule has 1 aliphatic carbocycles. The number of methoxy groups -OCH3 is 1. The van der Waals surface area contributed by atoms with Gasteiger partial charge in [-0.1, -0.05) is 26.2 Å². The van der Waals surface area contributed by atoms with Crippen LogP contribution in [-0.2, 0) is 11.3 Å². The van der Waals surface area contributed by atoms with E-state index in [1.807, 2.05) is 6.07 Å². The number of carbonyl (C=O) groups is 1. The summed E-state index contributed by atoms with van der Waals surface area (Å²) in [5.74, 6) is -0.331. The lowest BCUT2D eigenvalue weighted by molar-refractivity contribution is 0.0600. The van der Waals surface area contributed by atoms with Crippen molar-refractivity contribution in [2.24, 2.45) is 0 Å². The number of nitrogens with two attached hydrogens (primary N) is 1. The smallest absolute Gasteiger partial charge is 0.337 e. The predicted molar refractivity (Wildman–Crippen MR) is 92.9 cm³/mol. The molecule has 2 N–H and O–H groups in total. The number of benzene rings is 1. The lowest BCUT2D eigenvalue weighted by atomic mass is 9.93. The molecule has 0 saturated heterocycles. The molecule has 4 nitrogen and oxygen atoms in total. The van der Waals surface area contributed by atoms with E-state index < -0.39 is 0 Å². The second-order valence-corrected chi connectivity index (χ2v) is 6.73. The topological polar surface area (TPSA) is 55.6 Å². The van der Waals surface area contributed by atoms with Crippen LogP contribution in [0.1, 0.15) is 54.9 Å². The van der Waals surface area contributed by atoms with Gasteiger partial charge in [0.05, 0.1) is 18.4 Å². The molecule has 122 valence electrons. The second-order valence-electron chi connectivity index (χ2n) is 5.88. The van der Waals surface area contributed by atoms with Crippen LogP contribution in [-0.4, -0.2) is 30.6 Å². The van der Waals surface area contributed by atoms with Gasteiger partial charge in [-0.25, -0.2) is 4.79 Å². The summed E-state index contributed by atoms with van der Waals surface area (Å²) in [5.41, 5.74) is 8.44. The van der Waals surface area contributed by atoms with E-state index in [2.05, 4.69) is 27.8 Å². The maximum atomic E-state index is 11.8. The molecule has 5 heteroatoms. The molecule has 0 atom stereocenters. The van der Waals surface area contributed by atoms with Gasteiger partial charge in [0, 0.05) is 17.1 Å². The SMILES string of the molecule is CCN(Cc1cc(C(=O)OC)cc(Br)c1N)C1CCCCC1. The van der Waals surface area contributed by atoms with Crippen molar-refractivity contribution in [2.45, 2.75) is 51.6 Å². The van der Waals surface area contributed by atoms with Gasteiger partial charge in [-0.3, -0.25) is 4.90 Å². The van der Waals surface area contributed by atoms with Crippen molar-refractivity contribution in [3.63, 3.8) is 0 Å². The van der Waals surface area contributed by atoms with Crippen LogP contribution in [0.4, 0.5) is 5.69 Å². The van der Waals surface area contributed by atoms with Gasteiger partial charge < -0.3 is 10.5 Å². The summed E-state index contributed by atoms with van der Waals surface area (Å²) in [6.45, 7) is 3.95. The molecule has 1 aromatic rings. The Morgan fingerprint density at radius 2 is 2.05 bits per heavy atom. The number of esters is 1. The molecular formula is C17H25BrN2O2. The highest BCUT2D eigenvalue weighted by molar-refractivity contribution is 9.10. The van der Waals surface area contributed by atoms with E-state index in [1.165, 1.54) is 39.2 Å². The predicted octanol–water partition coefficient (Wildman–Crippen LogP) is 3.97. The summed E-state index contributed by atoms with van der Waals surface area (Å²) in [5, 5.41) is 0. The van der Waals surface area contributed by atoms with Crippen molar-refractivity contribution in [1.29, 1.82) is 0 Å². The summed E-state index contributed by atoms with van der Waals surface area (Å²) in [4.78, 5) is 14.3. The number of nitrogens with zero attached hydrogens (tertiary/aromatic N) is 1. The van der Waals surface area contributed by atoms with Crippen molar-refractivity contribution in [1.82, 2.24) is 4.90 Å². The third kappa shape index (κ3) is 4.02. The second kappa shape index (κ2) is 7.97. The normalized spacial score (nSPS) is 16.0. The molecule has 22 heavy (non-hydrogen) atoms. The minimum absolute atomic E-state index is 0.331. The number of hydrogen-bond acceptors (Lipinski definition) is 4. The van der Waals surface area contributed by atoms with E-state index >= 15 is 0 Å². The van der Waals surface area contributed by atoms with Crippen LogP contribution in [0.15, 0.2) is 16.6 Å². The zero-order valence-electron chi connectivity index (χ0n) is 13.4. The number of carbonyl (C=O) groups excluding carboxylic acids is 1. The molecule has 0 spiro atoms. The first kappa shape index (κ1) is 17.3. The number of halogens is 1. The highest BCUT2D eigenvalue weighted by Crippen LogP contribution is 2.29. The Kier molecular flexibility index (Phi) is 6.26. The highest BCUT2D eigenvalue weighted by Gasteiger charge is 2.21. The van der Waals surface area contributed by atoms with Crippen LogP contribution >= 0.6 is 15.9 Å². The van der Waals surface area contributed by atoms with Gasteiger partial charge in [-0.05, 0) is 53.0 Å². The zero-order chi connectivity index (χ0) is 16.1. The molecule has 1 saturated carbocycles. The Balaban J connectivity index is 2.22. The standard InChI is InChI=1S/C17H25BrN2O2/c1-3-20(14-7-5-4-6-8-14)11-13-9-12(17(21)22-2)10-15(18)16(13)19/h9-10,14H,3-8,11,19H2,1-2H3. The Labute approximate surface area is 141 Å². The van der Waals surface area contributed by atoms with E-state index in [1.54, 1.807) is 6.07 Å². The average molecular weight is 369 g/mol. The largest absolute Gasteiger partial charge is 0.465 e. The fourth-order valence-corrected chi connectivity index (χ4v) is 3.71. The number of hydrogen-bond donors (Lipinski definition) is 1. The average Bonchev–Trinajstić information content (AvgIpc) is 2.56. The Morgan fingerprint density at radius 3 is 2.64 bits per heavy atom. The lowest BCUT2D eigenvalue weighted by Crippen LogP contribution is -2.36. The number of nitrogen functional groups attached to an aromatic ring is 1. The van der Waals surface area contributed by atoms with E-state index in [0.717, 1.165) is 23.1 Å². The summed E-state index contributed by atoms with van der Waals surface area (Å²) in [6.07, 6.45) is 6.47. The van der Waals surface area contributed by atoms with E-state index in [4.69, 9.17) is 10.5 Å². The van der Waals surface area contributed by atoms with E-state index in [-0.39, 0.29) is 5.97 Å². The van der Waals surface area contributed by atoms with E-state index in [9.17, 15) is 4.79 Å². The third-order valence-corrected chi connectivity index (χ3v) is 5.16. The quantitative estimate of drug-likeness (QED) is 0.630. The van der Waals surface area contributed by atoms with Crippen LogP contribution in [0.25, 0.3) is 0 Å².